The lowest BCUT2D eigenvalue weighted by molar-refractivity contribution is -0.127. The highest BCUT2D eigenvalue weighted by molar-refractivity contribution is 8.18. The van der Waals surface area contributed by atoms with E-state index in [9.17, 15) is 24.0 Å². The molecule has 0 aliphatic carbocycles. The average Bonchev–Trinajstić information content (AvgIpc) is 3.25. The standard InChI is InChI=1S/C30H26ClN3O8S/c1-17-4-7-19(8-5-17)32-27(36)16-42-23-11-6-18(12-24(23)40-2)13-25-28(37)34(30(39)43-25)15-26(35)33-20-9-10-22(31)21(14-20)29(38)41-3/h4-14H,15-16H2,1-3H3,(H,32,36)(H,33,35)/b25-13+. The number of aryl methyl sites for hydroxylation is 1. The summed E-state index contributed by atoms with van der Waals surface area (Å²) in [7, 11) is 2.63. The number of thioether (sulfide) groups is 1. The van der Waals surface area contributed by atoms with Gasteiger partial charge in [-0.05, 0) is 72.8 Å². The second-order valence-corrected chi connectivity index (χ2v) is 10.5. The largest absolute Gasteiger partial charge is 0.493 e. The first kappa shape index (κ1) is 31.1. The van der Waals surface area contributed by atoms with E-state index in [1.165, 1.54) is 38.5 Å². The van der Waals surface area contributed by atoms with Crippen LogP contribution in [0.2, 0.25) is 5.02 Å². The third-order valence-corrected chi connectivity index (χ3v) is 7.25. The monoisotopic (exact) mass is 623 g/mol. The first-order valence-electron chi connectivity index (χ1n) is 12.7. The summed E-state index contributed by atoms with van der Waals surface area (Å²) in [6.45, 7) is 1.15. The average molecular weight is 624 g/mol. The van der Waals surface area contributed by atoms with Gasteiger partial charge in [0.05, 0.1) is 29.7 Å². The fraction of sp³-hybridized carbons (Fsp3) is 0.167. The first-order valence-corrected chi connectivity index (χ1v) is 13.9. The number of rotatable bonds is 10. The number of amides is 4. The molecule has 1 fully saturated rings. The third-order valence-electron chi connectivity index (χ3n) is 6.01. The molecule has 1 saturated heterocycles. The number of esters is 1. The Bertz CT molecular complexity index is 1620. The van der Waals surface area contributed by atoms with Crippen LogP contribution in [-0.4, -0.2) is 61.2 Å². The Labute approximate surface area is 256 Å². The number of carbonyl (C=O) groups excluding carboxylic acids is 5. The fourth-order valence-corrected chi connectivity index (χ4v) is 4.90. The highest BCUT2D eigenvalue weighted by Gasteiger charge is 2.36. The number of halogens is 1. The van der Waals surface area contributed by atoms with Gasteiger partial charge in [0.1, 0.15) is 6.54 Å². The Balaban J connectivity index is 1.38. The van der Waals surface area contributed by atoms with Crippen molar-refractivity contribution in [2.45, 2.75) is 6.92 Å². The molecular weight excluding hydrogens is 598 g/mol. The number of hydrogen-bond acceptors (Lipinski definition) is 9. The summed E-state index contributed by atoms with van der Waals surface area (Å²) >= 11 is 6.69. The Morgan fingerprint density at radius 3 is 2.30 bits per heavy atom. The van der Waals surface area contributed by atoms with Crippen molar-refractivity contribution in [3.63, 3.8) is 0 Å². The normalized spacial score (nSPS) is 13.6. The summed E-state index contributed by atoms with van der Waals surface area (Å²) in [5.74, 6) is -1.73. The fourth-order valence-electron chi connectivity index (χ4n) is 3.87. The van der Waals surface area contributed by atoms with Crippen molar-refractivity contribution >= 4 is 69.7 Å². The van der Waals surface area contributed by atoms with Crippen LogP contribution in [0.1, 0.15) is 21.5 Å². The van der Waals surface area contributed by atoms with Crippen molar-refractivity contribution in [3.05, 3.63) is 87.3 Å². The molecule has 1 aliphatic rings. The number of ether oxygens (including phenoxy) is 3. The van der Waals surface area contributed by atoms with Gasteiger partial charge in [-0.3, -0.25) is 24.1 Å². The van der Waals surface area contributed by atoms with Crippen LogP contribution in [0, 0.1) is 6.92 Å². The Morgan fingerprint density at radius 1 is 0.907 bits per heavy atom. The minimum absolute atomic E-state index is 0.0495. The predicted octanol–water partition coefficient (Wildman–Crippen LogP) is 5.14. The molecular formula is C30H26ClN3O8S. The second-order valence-electron chi connectivity index (χ2n) is 9.12. The van der Waals surface area contributed by atoms with Gasteiger partial charge >= 0.3 is 5.97 Å². The van der Waals surface area contributed by atoms with E-state index in [4.69, 9.17) is 21.1 Å². The van der Waals surface area contributed by atoms with Gasteiger partial charge in [-0.25, -0.2) is 4.79 Å². The molecule has 222 valence electrons. The van der Waals surface area contributed by atoms with Crippen LogP contribution in [-0.2, 0) is 19.1 Å². The number of nitrogens with zero attached hydrogens (tertiary/aromatic N) is 1. The number of carbonyl (C=O) groups is 5. The molecule has 0 bridgehead atoms. The number of anilines is 2. The van der Waals surface area contributed by atoms with E-state index < -0.39 is 29.6 Å². The van der Waals surface area contributed by atoms with Gasteiger partial charge in [0.2, 0.25) is 5.91 Å². The van der Waals surface area contributed by atoms with E-state index >= 15 is 0 Å². The van der Waals surface area contributed by atoms with E-state index in [-0.39, 0.29) is 33.7 Å². The lowest BCUT2D eigenvalue weighted by Gasteiger charge is -2.13. The highest BCUT2D eigenvalue weighted by Crippen LogP contribution is 2.34. The molecule has 2 N–H and O–H groups in total. The SMILES string of the molecule is COC(=O)c1cc(NC(=O)CN2C(=O)S/C(=C/c3ccc(OCC(=O)Nc4ccc(C)cc4)c(OC)c3)C2=O)ccc1Cl. The van der Waals surface area contributed by atoms with Crippen molar-refractivity contribution in [3.8, 4) is 11.5 Å². The van der Waals surface area contributed by atoms with Crippen molar-refractivity contribution < 1.29 is 38.2 Å². The summed E-state index contributed by atoms with van der Waals surface area (Å²) in [5, 5.41) is 4.80. The molecule has 4 rings (SSSR count). The number of imide groups is 1. The predicted molar refractivity (Wildman–Crippen MR) is 162 cm³/mol. The van der Waals surface area contributed by atoms with Crippen molar-refractivity contribution in [2.75, 3.05) is 38.0 Å². The van der Waals surface area contributed by atoms with Crippen LogP contribution in [0.3, 0.4) is 0 Å². The molecule has 4 amide bonds. The Hall–Kier alpha value is -4.81. The van der Waals surface area contributed by atoms with Gasteiger partial charge in [0, 0.05) is 11.4 Å². The highest BCUT2D eigenvalue weighted by atomic mass is 35.5. The zero-order valence-corrected chi connectivity index (χ0v) is 24.8. The molecule has 3 aromatic rings. The van der Waals surface area contributed by atoms with E-state index in [1.807, 2.05) is 19.1 Å². The molecule has 0 spiro atoms. The van der Waals surface area contributed by atoms with Crippen LogP contribution in [0.25, 0.3) is 6.08 Å². The number of methoxy groups -OCH3 is 2. The van der Waals surface area contributed by atoms with Crippen LogP contribution in [0.4, 0.5) is 16.2 Å². The molecule has 0 aromatic heterocycles. The topological polar surface area (TPSA) is 140 Å². The van der Waals surface area contributed by atoms with Crippen LogP contribution >= 0.6 is 23.4 Å². The maximum absolute atomic E-state index is 13.0. The van der Waals surface area contributed by atoms with E-state index in [0.29, 0.717) is 34.5 Å². The molecule has 1 heterocycles. The summed E-state index contributed by atoms with van der Waals surface area (Å²) in [5.41, 5.74) is 2.53. The van der Waals surface area contributed by atoms with E-state index in [0.717, 1.165) is 10.5 Å². The van der Waals surface area contributed by atoms with Gasteiger partial charge in [-0.1, -0.05) is 35.4 Å². The summed E-state index contributed by atoms with van der Waals surface area (Å²) in [4.78, 5) is 63.2. The molecule has 0 radical (unpaired) electrons. The van der Waals surface area contributed by atoms with Gasteiger partial charge in [-0.15, -0.1) is 0 Å². The summed E-state index contributed by atoms with van der Waals surface area (Å²) < 4.78 is 15.7. The van der Waals surface area contributed by atoms with E-state index in [2.05, 4.69) is 15.4 Å². The number of hydrogen-bond donors (Lipinski definition) is 2. The zero-order valence-electron chi connectivity index (χ0n) is 23.3. The summed E-state index contributed by atoms with van der Waals surface area (Å²) in [6.07, 6.45) is 1.49. The van der Waals surface area contributed by atoms with Crippen molar-refractivity contribution in [2.24, 2.45) is 0 Å². The molecule has 13 heteroatoms. The number of nitrogens with one attached hydrogen (secondary N) is 2. The van der Waals surface area contributed by atoms with Crippen molar-refractivity contribution in [1.29, 1.82) is 0 Å². The number of benzene rings is 3. The quantitative estimate of drug-likeness (QED) is 0.232. The maximum atomic E-state index is 13.0. The molecule has 1 aliphatic heterocycles. The van der Waals surface area contributed by atoms with Crippen LogP contribution in [0.5, 0.6) is 11.5 Å². The molecule has 43 heavy (non-hydrogen) atoms. The minimum atomic E-state index is -0.683. The lowest BCUT2D eigenvalue weighted by atomic mass is 10.2. The Kier molecular flexibility index (Phi) is 10.1. The first-order chi connectivity index (χ1) is 20.6. The minimum Gasteiger partial charge on any atom is -0.493 e. The Morgan fingerprint density at radius 2 is 1.60 bits per heavy atom. The van der Waals surface area contributed by atoms with Gasteiger partial charge in [0.25, 0.3) is 17.1 Å². The van der Waals surface area contributed by atoms with Crippen LogP contribution < -0.4 is 20.1 Å². The van der Waals surface area contributed by atoms with Crippen molar-refractivity contribution in [1.82, 2.24) is 4.90 Å². The van der Waals surface area contributed by atoms with Gasteiger partial charge in [-0.2, -0.15) is 0 Å². The third kappa shape index (κ3) is 7.93. The molecule has 0 unspecified atom stereocenters. The second kappa shape index (κ2) is 13.9. The lowest BCUT2D eigenvalue weighted by Crippen LogP contribution is -2.36. The smallest absolute Gasteiger partial charge is 0.339 e. The molecule has 11 nitrogen and oxygen atoms in total. The zero-order chi connectivity index (χ0) is 31.1. The van der Waals surface area contributed by atoms with Gasteiger partial charge in [0.15, 0.2) is 18.1 Å². The summed E-state index contributed by atoms with van der Waals surface area (Å²) in [6, 6.07) is 16.4. The molecule has 0 atom stereocenters. The molecule has 0 saturated carbocycles. The van der Waals surface area contributed by atoms with Gasteiger partial charge < -0.3 is 24.8 Å². The van der Waals surface area contributed by atoms with E-state index in [1.54, 1.807) is 30.3 Å². The van der Waals surface area contributed by atoms with Crippen LogP contribution in [0.15, 0.2) is 65.6 Å². The molecule has 3 aromatic carbocycles. The maximum Gasteiger partial charge on any atom is 0.339 e.